The van der Waals surface area contributed by atoms with E-state index in [9.17, 15) is 14.7 Å². The van der Waals surface area contributed by atoms with Gasteiger partial charge in [-0.2, -0.15) is 9.78 Å². The van der Waals surface area contributed by atoms with E-state index in [0.29, 0.717) is 24.5 Å². The highest BCUT2D eigenvalue weighted by Gasteiger charge is 2.23. The highest BCUT2D eigenvalue weighted by atomic mass is 35.5. The molecule has 2 aromatic rings. The third kappa shape index (κ3) is 3.38. The zero-order valence-electron chi connectivity index (χ0n) is 13.7. The van der Waals surface area contributed by atoms with Gasteiger partial charge in [-0.3, -0.25) is 4.79 Å². The van der Waals surface area contributed by atoms with Crippen molar-refractivity contribution in [3.63, 3.8) is 0 Å². The summed E-state index contributed by atoms with van der Waals surface area (Å²) in [6.45, 7) is 1.10. The van der Waals surface area contributed by atoms with Crippen LogP contribution in [0.15, 0.2) is 35.3 Å². The predicted molar refractivity (Wildman–Crippen MR) is 93.6 cm³/mol. The van der Waals surface area contributed by atoms with E-state index < -0.39 is 17.6 Å². The summed E-state index contributed by atoms with van der Waals surface area (Å²) in [6.07, 6.45) is 2.57. The Morgan fingerprint density at radius 2 is 2.12 bits per heavy atom. The normalized spacial score (nSPS) is 17.4. The molecule has 1 fully saturated rings. The van der Waals surface area contributed by atoms with Crippen LogP contribution in [0.5, 0.6) is 0 Å². The van der Waals surface area contributed by atoms with Crippen molar-refractivity contribution in [2.75, 3.05) is 25.1 Å². The van der Waals surface area contributed by atoms with E-state index in [4.69, 9.17) is 16.3 Å². The van der Waals surface area contributed by atoms with Gasteiger partial charge < -0.3 is 14.7 Å². The topological polar surface area (TPSA) is 84.7 Å². The maximum atomic E-state index is 12.7. The Hall–Kier alpha value is -2.38. The van der Waals surface area contributed by atoms with Crippen molar-refractivity contribution in [3.8, 4) is 5.69 Å². The highest BCUT2D eigenvalue weighted by molar-refractivity contribution is 6.33. The molecule has 1 saturated heterocycles. The molecule has 1 unspecified atom stereocenters. The van der Waals surface area contributed by atoms with E-state index in [0.717, 1.165) is 17.5 Å². The van der Waals surface area contributed by atoms with Gasteiger partial charge in [0.05, 0.1) is 36.3 Å². The van der Waals surface area contributed by atoms with Gasteiger partial charge in [0, 0.05) is 13.1 Å². The average Bonchev–Trinajstić information content (AvgIpc) is 2.63. The number of carbonyl (C=O) groups is 1. The molecule has 0 aliphatic carbocycles. The molecule has 132 valence electrons. The summed E-state index contributed by atoms with van der Waals surface area (Å²) >= 11 is 6.28. The number of aromatic nitrogens is 2. The Morgan fingerprint density at radius 1 is 1.36 bits per heavy atom. The molecule has 3 rings (SSSR count). The number of halogens is 1. The van der Waals surface area contributed by atoms with Crippen LogP contribution < -0.4 is 10.5 Å². The fourth-order valence-electron chi connectivity index (χ4n) is 2.93. The van der Waals surface area contributed by atoms with Crippen molar-refractivity contribution >= 4 is 23.3 Å². The second-order valence-corrected chi connectivity index (χ2v) is 6.19. The molecule has 7 nitrogen and oxygen atoms in total. The summed E-state index contributed by atoms with van der Waals surface area (Å²) in [5.74, 6) is -0.566. The van der Waals surface area contributed by atoms with Gasteiger partial charge in [0.15, 0.2) is 0 Å². The molecule has 0 spiro atoms. The monoisotopic (exact) mass is 363 g/mol. The number of rotatable bonds is 3. The number of piperidine rings is 1. The molecule has 25 heavy (non-hydrogen) atoms. The second-order valence-electron chi connectivity index (χ2n) is 5.81. The van der Waals surface area contributed by atoms with E-state index >= 15 is 0 Å². The number of nitrogens with zero attached hydrogens (tertiary/aromatic N) is 3. The van der Waals surface area contributed by atoms with E-state index in [2.05, 4.69) is 5.10 Å². The van der Waals surface area contributed by atoms with Gasteiger partial charge in [0.25, 0.3) is 5.56 Å². The first kappa shape index (κ1) is 17.4. The maximum Gasteiger partial charge on any atom is 0.340 e. The smallest absolute Gasteiger partial charge is 0.340 e. The number of β-amino-alcohol motifs (C(OH)–C–C–N with tert-alkyl or cyclic N) is 1. The first-order valence-corrected chi connectivity index (χ1v) is 8.29. The van der Waals surface area contributed by atoms with Gasteiger partial charge >= 0.3 is 5.97 Å². The predicted octanol–water partition coefficient (Wildman–Crippen LogP) is 1.63. The number of methoxy groups -OCH3 is 1. The molecule has 0 saturated carbocycles. The summed E-state index contributed by atoms with van der Waals surface area (Å²) in [5, 5.41) is 14.0. The fraction of sp³-hybridized carbons (Fsp3) is 0.353. The molecule has 2 heterocycles. The van der Waals surface area contributed by atoms with E-state index in [1.165, 1.54) is 13.3 Å². The largest absolute Gasteiger partial charge is 0.465 e. The second kappa shape index (κ2) is 7.25. The number of carbonyl (C=O) groups excluding carboxylic acids is 1. The molecule has 0 amide bonds. The van der Waals surface area contributed by atoms with Crippen molar-refractivity contribution < 1.29 is 14.6 Å². The van der Waals surface area contributed by atoms with Crippen molar-refractivity contribution in [1.29, 1.82) is 0 Å². The molecule has 1 N–H and O–H groups in total. The van der Waals surface area contributed by atoms with Gasteiger partial charge in [-0.15, -0.1) is 0 Å². The lowest BCUT2D eigenvalue weighted by molar-refractivity contribution is 0.0600. The van der Waals surface area contributed by atoms with Crippen molar-refractivity contribution in [1.82, 2.24) is 9.78 Å². The van der Waals surface area contributed by atoms with Gasteiger partial charge in [-0.1, -0.05) is 23.7 Å². The fourth-order valence-corrected chi connectivity index (χ4v) is 3.18. The SMILES string of the molecule is COC(=O)c1ccccc1-n1ncc(N2CCCC(O)C2)c(Cl)c1=O. The molecular formula is C17H18ClN3O4. The van der Waals surface area contributed by atoms with Crippen LogP contribution in [0.3, 0.4) is 0 Å². The van der Waals surface area contributed by atoms with Crippen molar-refractivity contribution in [2.24, 2.45) is 0 Å². The van der Waals surface area contributed by atoms with Gasteiger partial charge in [-0.25, -0.2) is 4.79 Å². The van der Waals surface area contributed by atoms with Crippen LogP contribution >= 0.6 is 11.6 Å². The quantitative estimate of drug-likeness (QED) is 0.834. The van der Waals surface area contributed by atoms with Gasteiger partial charge in [0.2, 0.25) is 0 Å². The maximum absolute atomic E-state index is 12.7. The standard InChI is InChI=1S/C17H18ClN3O4/c1-25-17(24)12-6-2-3-7-13(12)21-16(23)15(18)14(9-19-21)20-8-4-5-11(22)10-20/h2-3,6-7,9,11,22H,4-5,8,10H2,1H3. The van der Waals surface area contributed by atoms with Crippen LogP contribution in [0.1, 0.15) is 23.2 Å². The molecular weight excluding hydrogens is 346 g/mol. The summed E-state index contributed by atoms with van der Waals surface area (Å²) in [7, 11) is 1.27. The molecule has 1 aliphatic heterocycles. The van der Waals surface area contributed by atoms with Gasteiger partial charge in [-0.05, 0) is 25.0 Å². The number of para-hydroxylation sites is 1. The summed E-state index contributed by atoms with van der Waals surface area (Å²) in [6, 6.07) is 6.52. The molecule has 1 aromatic carbocycles. The van der Waals surface area contributed by atoms with Gasteiger partial charge in [0.1, 0.15) is 5.02 Å². The Morgan fingerprint density at radius 3 is 2.84 bits per heavy atom. The van der Waals surface area contributed by atoms with Crippen molar-refractivity contribution in [2.45, 2.75) is 18.9 Å². The zero-order chi connectivity index (χ0) is 18.0. The third-order valence-electron chi connectivity index (χ3n) is 4.18. The molecule has 1 aromatic heterocycles. The Bertz CT molecular complexity index is 852. The van der Waals surface area contributed by atoms with E-state index in [1.54, 1.807) is 24.3 Å². The minimum absolute atomic E-state index is 0.00349. The van der Waals surface area contributed by atoms with Crippen LogP contribution in [0.25, 0.3) is 5.69 Å². The van der Waals surface area contributed by atoms with Crippen LogP contribution in [0, 0.1) is 0 Å². The lowest BCUT2D eigenvalue weighted by atomic mass is 10.1. The lowest BCUT2D eigenvalue weighted by Crippen LogP contribution is -2.39. The number of ether oxygens (including phenoxy) is 1. The highest BCUT2D eigenvalue weighted by Crippen LogP contribution is 2.25. The first-order valence-electron chi connectivity index (χ1n) is 7.91. The Labute approximate surface area is 149 Å². The van der Waals surface area contributed by atoms with E-state index in [1.807, 2.05) is 4.90 Å². The number of hydrogen-bond donors (Lipinski definition) is 1. The summed E-state index contributed by atoms with van der Waals surface area (Å²) in [4.78, 5) is 26.5. The third-order valence-corrected chi connectivity index (χ3v) is 4.53. The summed E-state index contributed by atoms with van der Waals surface area (Å²) in [5.41, 5.74) is 0.469. The van der Waals surface area contributed by atoms with Crippen LogP contribution in [0.2, 0.25) is 5.02 Å². The minimum atomic E-state index is -0.566. The van der Waals surface area contributed by atoms with E-state index in [-0.39, 0.29) is 10.6 Å². The first-order chi connectivity index (χ1) is 12.0. The number of benzene rings is 1. The number of aliphatic hydroxyl groups excluding tert-OH is 1. The number of anilines is 1. The Balaban J connectivity index is 2.05. The number of aliphatic hydroxyl groups is 1. The summed E-state index contributed by atoms with van der Waals surface area (Å²) < 4.78 is 5.83. The zero-order valence-corrected chi connectivity index (χ0v) is 14.4. The molecule has 8 heteroatoms. The molecule has 0 radical (unpaired) electrons. The van der Waals surface area contributed by atoms with Crippen molar-refractivity contribution in [3.05, 3.63) is 51.4 Å². The number of hydrogen-bond acceptors (Lipinski definition) is 6. The van der Waals surface area contributed by atoms with Crippen LogP contribution in [-0.2, 0) is 4.74 Å². The average molecular weight is 364 g/mol. The van der Waals surface area contributed by atoms with Crippen LogP contribution in [-0.4, -0.2) is 47.2 Å². The lowest BCUT2D eigenvalue weighted by Gasteiger charge is -2.32. The Kier molecular flexibility index (Phi) is 5.06. The number of esters is 1. The van der Waals surface area contributed by atoms with Crippen LogP contribution in [0.4, 0.5) is 5.69 Å². The molecule has 1 atom stereocenters. The minimum Gasteiger partial charge on any atom is -0.465 e. The molecule has 1 aliphatic rings. The molecule has 0 bridgehead atoms.